The van der Waals surface area contributed by atoms with Gasteiger partial charge in [0.25, 0.3) is 0 Å². The molecule has 0 spiro atoms. The predicted octanol–water partition coefficient (Wildman–Crippen LogP) is -0.0260. The van der Waals surface area contributed by atoms with Gasteiger partial charge in [0.15, 0.2) is 6.10 Å². The highest BCUT2D eigenvalue weighted by atomic mass is 16.5. The Kier molecular flexibility index (Phi) is 1.65. The highest BCUT2D eigenvalue weighted by molar-refractivity contribution is 5.77. The molecule has 0 aliphatic carbocycles. The van der Waals surface area contributed by atoms with E-state index in [9.17, 15) is 4.79 Å². The van der Waals surface area contributed by atoms with Gasteiger partial charge in [-0.15, -0.1) is 0 Å². The fraction of sp³-hybridized carbons (Fsp3) is 0.167. The highest BCUT2D eigenvalue weighted by Crippen LogP contribution is 1.96. The molecule has 48 valence electrons. The smallest absolute Gasteiger partial charge is 0.343 e. The van der Waals surface area contributed by atoms with Crippen molar-refractivity contribution in [2.75, 3.05) is 0 Å². The van der Waals surface area contributed by atoms with Crippen molar-refractivity contribution in [2.24, 2.45) is 0 Å². The van der Waals surface area contributed by atoms with Gasteiger partial charge in [-0.2, -0.15) is 0 Å². The van der Waals surface area contributed by atoms with Gasteiger partial charge in [0.1, 0.15) is 0 Å². The molecule has 1 atom stereocenters. The predicted molar refractivity (Wildman–Crippen MR) is 30.4 cm³/mol. The molecule has 0 saturated heterocycles. The van der Waals surface area contributed by atoms with Crippen LogP contribution in [0.5, 0.6) is 0 Å². The number of cyclic esters (lactones) is 1. The van der Waals surface area contributed by atoms with E-state index in [4.69, 9.17) is 5.11 Å². The zero-order valence-electron chi connectivity index (χ0n) is 4.65. The molecule has 9 heavy (non-hydrogen) atoms. The molecule has 0 bridgehead atoms. The number of aliphatic hydroxyl groups excluding tert-OH is 1. The molecular formula is C6H6O3. The molecule has 0 aromatic heterocycles. The maximum Gasteiger partial charge on any atom is 0.343 e. The molecule has 0 radical (unpaired) electrons. The van der Waals surface area contributed by atoms with Crippen molar-refractivity contribution in [3.63, 3.8) is 0 Å². The molecule has 0 fully saturated rings. The average Bonchev–Trinajstić information content (AvgIpc) is 1.99. The van der Waals surface area contributed by atoms with E-state index in [-0.39, 0.29) is 0 Å². The first-order chi connectivity index (χ1) is 4.30. The number of hydrogen-bond acceptors (Lipinski definition) is 3. The molecular weight excluding hydrogens is 120 g/mol. The summed E-state index contributed by atoms with van der Waals surface area (Å²) in [5.41, 5.74) is 0. The first-order valence-electron chi connectivity index (χ1n) is 2.52. The standard InChI is InChI=1S/C6H6O3/c7-5-3-1-2-4-9-6(5)8/h1-5,7H. The van der Waals surface area contributed by atoms with E-state index in [0.717, 1.165) is 0 Å². The Morgan fingerprint density at radius 1 is 1.56 bits per heavy atom. The van der Waals surface area contributed by atoms with Crippen LogP contribution in [0.1, 0.15) is 0 Å². The highest BCUT2D eigenvalue weighted by Gasteiger charge is 2.12. The van der Waals surface area contributed by atoms with Crippen molar-refractivity contribution in [2.45, 2.75) is 6.10 Å². The van der Waals surface area contributed by atoms with Gasteiger partial charge < -0.3 is 9.84 Å². The topological polar surface area (TPSA) is 46.5 Å². The van der Waals surface area contributed by atoms with Crippen LogP contribution in [-0.2, 0) is 9.53 Å². The van der Waals surface area contributed by atoms with Crippen LogP contribution in [0.25, 0.3) is 0 Å². The lowest BCUT2D eigenvalue weighted by molar-refractivity contribution is -0.144. The van der Waals surface area contributed by atoms with Gasteiger partial charge in [0.2, 0.25) is 0 Å². The van der Waals surface area contributed by atoms with E-state index in [0.29, 0.717) is 0 Å². The van der Waals surface area contributed by atoms with Crippen molar-refractivity contribution >= 4 is 5.97 Å². The summed E-state index contributed by atoms with van der Waals surface area (Å²) in [6, 6.07) is 0. The molecule has 3 heteroatoms. The average molecular weight is 126 g/mol. The number of ether oxygens (including phenoxy) is 1. The van der Waals surface area contributed by atoms with Crippen molar-refractivity contribution in [1.82, 2.24) is 0 Å². The first-order valence-corrected chi connectivity index (χ1v) is 2.52. The zero-order valence-corrected chi connectivity index (χ0v) is 4.65. The Balaban J connectivity index is 2.69. The van der Waals surface area contributed by atoms with Crippen LogP contribution in [0.2, 0.25) is 0 Å². The molecule has 1 unspecified atom stereocenters. The number of rotatable bonds is 0. The van der Waals surface area contributed by atoms with Gasteiger partial charge in [0, 0.05) is 0 Å². The lowest BCUT2D eigenvalue weighted by Crippen LogP contribution is -2.17. The summed E-state index contributed by atoms with van der Waals surface area (Å²) in [6.07, 6.45) is 4.56. The molecule has 1 aliphatic rings. The van der Waals surface area contributed by atoms with Gasteiger partial charge in [-0.25, -0.2) is 4.79 Å². The number of allylic oxidation sites excluding steroid dienone is 2. The molecule has 0 aromatic carbocycles. The van der Waals surface area contributed by atoms with Crippen molar-refractivity contribution in [3.05, 3.63) is 24.5 Å². The normalized spacial score (nSPS) is 25.4. The summed E-state index contributed by atoms with van der Waals surface area (Å²) in [7, 11) is 0. The van der Waals surface area contributed by atoms with Crippen LogP contribution in [-0.4, -0.2) is 17.2 Å². The summed E-state index contributed by atoms with van der Waals surface area (Å²) in [6.45, 7) is 0. The zero-order chi connectivity index (χ0) is 6.69. The van der Waals surface area contributed by atoms with Crippen LogP contribution in [0.4, 0.5) is 0 Å². The largest absolute Gasteiger partial charge is 0.432 e. The van der Waals surface area contributed by atoms with Crippen LogP contribution < -0.4 is 0 Å². The third-order valence-corrected chi connectivity index (χ3v) is 0.909. The Morgan fingerprint density at radius 2 is 2.33 bits per heavy atom. The monoisotopic (exact) mass is 126 g/mol. The Bertz CT molecular complexity index is 169. The van der Waals surface area contributed by atoms with E-state index < -0.39 is 12.1 Å². The quantitative estimate of drug-likeness (QED) is 0.464. The van der Waals surface area contributed by atoms with Crippen LogP contribution in [0, 0.1) is 0 Å². The summed E-state index contributed by atoms with van der Waals surface area (Å²) < 4.78 is 4.38. The van der Waals surface area contributed by atoms with Crippen LogP contribution in [0.15, 0.2) is 24.5 Å². The van der Waals surface area contributed by atoms with E-state index in [1.807, 2.05) is 0 Å². The van der Waals surface area contributed by atoms with Crippen molar-refractivity contribution in [3.8, 4) is 0 Å². The summed E-state index contributed by atoms with van der Waals surface area (Å²) in [5, 5.41) is 8.76. The second kappa shape index (κ2) is 2.46. The molecule has 1 heterocycles. The third-order valence-electron chi connectivity index (χ3n) is 0.909. The lowest BCUT2D eigenvalue weighted by atomic mass is 10.3. The third kappa shape index (κ3) is 1.40. The van der Waals surface area contributed by atoms with Crippen LogP contribution in [0.3, 0.4) is 0 Å². The van der Waals surface area contributed by atoms with E-state index >= 15 is 0 Å². The lowest BCUT2D eigenvalue weighted by Gasteiger charge is -1.98. The maximum absolute atomic E-state index is 10.4. The number of esters is 1. The van der Waals surface area contributed by atoms with Gasteiger partial charge in [-0.1, -0.05) is 6.08 Å². The van der Waals surface area contributed by atoms with Gasteiger partial charge >= 0.3 is 5.97 Å². The molecule has 1 rings (SSSR count). The van der Waals surface area contributed by atoms with Crippen molar-refractivity contribution in [1.29, 1.82) is 0 Å². The fourth-order valence-corrected chi connectivity index (χ4v) is 0.469. The van der Waals surface area contributed by atoms with E-state index in [2.05, 4.69) is 4.74 Å². The van der Waals surface area contributed by atoms with Crippen LogP contribution >= 0.6 is 0 Å². The number of carbonyl (C=O) groups is 1. The minimum Gasteiger partial charge on any atom is -0.432 e. The molecule has 0 amide bonds. The Labute approximate surface area is 52.2 Å². The van der Waals surface area contributed by atoms with Gasteiger partial charge in [-0.05, 0) is 12.2 Å². The maximum atomic E-state index is 10.4. The molecule has 1 N–H and O–H groups in total. The second-order valence-corrected chi connectivity index (χ2v) is 1.60. The second-order valence-electron chi connectivity index (χ2n) is 1.60. The minimum absolute atomic E-state index is 0.639. The summed E-state index contributed by atoms with van der Waals surface area (Å²) in [5.74, 6) is -0.639. The number of hydrogen-bond donors (Lipinski definition) is 1. The Morgan fingerprint density at radius 3 is 3.11 bits per heavy atom. The molecule has 0 aromatic rings. The van der Waals surface area contributed by atoms with Gasteiger partial charge in [-0.3, -0.25) is 0 Å². The number of aliphatic hydroxyl groups is 1. The molecule has 0 saturated carbocycles. The Hall–Kier alpha value is -1.09. The fourth-order valence-electron chi connectivity index (χ4n) is 0.469. The summed E-state index contributed by atoms with van der Waals surface area (Å²) >= 11 is 0. The SMILES string of the molecule is O=C1OC=CC=CC1O. The van der Waals surface area contributed by atoms with E-state index in [1.165, 1.54) is 18.4 Å². The first kappa shape index (κ1) is 6.04. The molecule has 3 nitrogen and oxygen atoms in total. The summed E-state index contributed by atoms with van der Waals surface area (Å²) in [4.78, 5) is 10.4. The van der Waals surface area contributed by atoms with E-state index in [1.54, 1.807) is 6.08 Å². The van der Waals surface area contributed by atoms with Gasteiger partial charge in [0.05, 0.1) is 6.26 Å². The molecule has 1 aliphatic heterocycles. The van der Waals surface area contributed by atoms with Crippen molar-refractivity contribution < 1.29 is 14.6 Å². The number of carbonyl (C=O) groups excluding carboxylic acids is 1. The minimum atomic E-state index is -1.11.